The van der Waals surface area contributed by atoms with Crippen molar-refractivity contribution >= 4 is 23.2 Å². The minimum absolute atomic E-state index is 0.112. The number of rotatable bonds is 4. The first kappa shape index (κ1) is 17.4. The highest BCUT2D eigenvalue weighted by Crippen LogP contribution is 2.39. The minimum Gasteiger partial charge on any atom is -0.481 e. The zero-order chi connectivity index (χ0) is 17.2. The van der Waals surface area contributed by atoms with Crippen molar-refractivity contribution in [1.29, 1.82) is 5.26 Å². The highest BCUT2D eigenvalue weighted by molar-refractivity contribution is 6.37. The smallest absolute Gasteiger partial charge is 0.219 e. The molecule has 0 atom stereocenters. The average Bonchev–Trinajstić information content (AvgIpc) is 2.50. The molecule has 1 aromatic carbocycles. The van der Waals surface area contributed by atoms with Gasteiger partial charge in [-0.3, -0.25) is 0 Å². The molecule has 2 aromatic rings. The number of pyridine rings is 1. The fourth-order valence-electron chi connectivity index (χ4n) is 1.92. The molecule has 0 spiro atoms. The monoisotopic (exact) mass is 352 g/mol. The van der Waals surface area contributed by atoms with Gasteiger partial charge in [-0.05, 0) is 32.0 Å². The van der Waals surface area contributed by atoms with Gasteiger partial charge in [-0.2, -0.15) is 5.26 Å². The van der Waals surface area contributed by atoms with Crippen molar-refractivity contribution in [2.75, 3.05) is 7.11 Å². The number of hydrogen-bond acceptors (Lipinski definition) is 5. The maximum absolute atomic E-state index is 10.2. The van der Waals surface area contributed by atoms with Crippen molar-refractivity contribution in [1.82, 2.24) is 4.98 Å². The van der Waals surface area contributed by atoms with E-state index >= 15 is 0 Å². The van der Waals surface area contributed by atoms with E-state index in [0.717, 1.165) is 0 Å². The van der Waals surface area contributed by atoms with E-state index in [0.29, 0.717) is 11.3 Å². The molecule has 0 fully saturated rings. The molecule has 7 heteroatoms. The molecule has 0 aliphatic rings. The lowest BCUT2D eigenvalue weighted by Gasteiger charge is -2.21. The zero-order valence-electron chi connectivity index (χ0n) is 12.7. The van der Waals surface area contributed by atoms with Gasteiger partial charge in [0.1, 0.15) is 16.8 Å². The summed E-state index contributed by atoms with van der Waals surface area (Å²) in [6.07, 6.45) is 1.42. The molecule has 1 N–H and O–H groups in total. The molecular formula is C16H14Cl2N2O3. The Labute approximate surface area is 144 Å². The van der Waals surface area contributed by atoms with Crippen LogP contribution in [0.3, 0.4) is 0 Å². The first-order valence-electron chi connectivity index (χ1n) is 6.60. The van der Waals surface area contributed by atoms with Crippen molar-refractivity contribution in [3.05, 3.63) is 45.6 Å². The maximum Gasteiger partial charge on any atom is 0.219 e. The largest absolute Gasteiger partial charge is 0.481 e. The average molecular weight is 353 g/mol. The van der Waals surface area contributed by atoms with Gasteiger partial charge in [0.05, 0.1) is 29.5 Å². The highest BCUT2D eigenvalue weighted by Gasteiger charge is 2.23. The molecule has 120 valence electrons. The predicted molar refractivity (Wildman–Crippen MR) is 87.3 cm³/mol. The third kappa shape index (κ3) is 3.67. The van der Waals surface area contributed by atoms with Gasteiger partial charge in [0.2, 0.25) is 5.88 Å². The standard InChI is InChI=1S/C16H14Cl2N2O3/c1-16(2,21)11-6-10(8-20-15(11)22-3)23-14-12(17)5-4-9(7-19)13(14)18/h4-6,8,21H,1-3H3. The lowest BCUT2D eigenvalue weighted by molar-refractivity contribution is 0.0746. The van der Waals surface area contributed by atoms with Crippen LogP contribution in [-0.4, -0.2) is 17.2 Å². The van der Waals surface area contributed by atoms with Crippen molar-refractivity contribution in [3.63, 3.8) is 0 Å². The summed E-state index contributed by atoms with van der Waals surface area (Å²) in [5.74, 6) is 0.746. The van der Waals surface area contributed by atoms with E-state index in [1.54, 1.807) is 19.9 Å². The first-order valence-corrected chi connectivity index (χ1v) is 7.36. The number of nitrogens with zero attached hydrogens (tertiary/aromatic N) is 2. The number of nitriles is 1. The van der Waals surface area contributed by atoms with Gasteiger partial charge >= 0.3 is 0 Å². The third-order valence-electron chi connectivity index (χ3n) is 3.07. The van der Waals surface area contributed by atoms with E-state index in [-0.39, 0.29) is 27.2 Å². The van der Waals surface area contributed by atoms with Crippen molar-refractivity contribution in [3.8, 4) is 23.4 Å². The number of halogens is 2. The van der Waals surface area contributed by atoms with Crippen LogP contribution in [0.5, 0.6) is 17.4 Å². The molecule has 5 nitrogen and oxygen atoms in total. The predicted octanol–water partition coefficient (Wildman–Crippen LogP) is 4.29. The van der Waals surface area contributed by atoms with Crippen LogP contribution >= 0.6 is 23.2 Å². The van der Waals surface area contributed by atoms with Crippen LogP contribution in [0, 0.1) is 11.3 Å². The quantitative estimate of drug-likeness (QED) is 0.888. The SMILES string of the molecule is COc1ncc(Oc2c(Cl)ccc(C#N)c2Cl)cc1C(C)(C)O. The van der Waals surface area contributed by atoms with Crippen LogP contribution in [0.1, 0.15) is 25.0 Å². The zero-order valence-corrected chi connectivity index (χ0v) is 14.2. The van der Waals surface area contributed by atoms with Gasteiger partial charge in [0.15, 0.2) is 5.75 Å². The summed E-state index contributed by atoms with van der Waals surface area (Å²) >= 11 is 12.2. The van der Waals surface area contributed by atoms with Crippen LogP contribution < -0.4 is 9.47 Å². The van der Waals surface area contributed by atoms with Crippen molar-refractivity contribution in [2.24, 2.45) is 0 Å². The molecule has 0 saturated carbocycles. The molecular weight excluding hydrogens is 339 g/mol. The third-order valence-corrected chi connectivity index (χ3v) is 3.74. The van der Waals surface area contributed by atoms with E-state index in [1.165, 1.54) is 25.4 Å². The number of hydrogen-bond donors (Lipinski definition) is 1. The van der Waals surface area contributed by atoms with Gasteiger partial charge in [-0.25, -0.2) is 4.98 Å². The summed E-state index contributed by atoms with van der Waals surface area (Å²) in [6, 6.07) is 6.57. The van der Waals surface area contributed by atoms with E-state index in [1.807, 2.05) is 6.07 Å². The van der Waals surface area contributed by atoms with Crippen LogP contribution in [0.2, 0.25) is 10.0 Å². The second kappa shape index (κ2) is 6.63. The second-order valence-corrected chi connectivity index (χ2v) is 6.02. The Bertz CT molecular complexity index is 780. The van der Waals surface area contributed by atoms with E-state index in [2.05, 4.69) is 4.98 Å². The van der Waals surface area contributed by atoms with Crippen molar-refractivity contribution in [2.45, 2.75) is 19.4 Å². The number of methoxy groups -OCH3 is 1. The van der Waals surface area contributed by atoms with Gasteiger partial charge in [-0.15, -0.1) is 0 Å². The van der Waals surface area contributed by atoms with Crippen LogP contribution in [0.25, 0.3) is 0 Å². The number of ether oxygens (including phenoxy) is 2. The van der Waals surface area contributed by atoms with Crippen LogP contribution in [0.4, 0.5) is 0 Å². The van der Waals surface area contributed by atoms with Gasteiger partial charge in [0, 0.05) is 5.56 Å². The first-order chi connectivity index (χ1) is 10.8. The molecule has 0 unspecified atom stereocenters. The number of aromatic nitrogens is 1. The Hall–Kier alpha value is -2.00. The van der Waals surface area contributed by atoms with Gasteiger partial charge in [0.25, 0.3) is 0 Å². The summed E-state index contributed by atoms with van der Waals surface area (Å²) in [7, 11) is 1.46. The van der Waals surface area contributed by atoms with E-state index in [9.17, 15) is 5.11 Å². The van der Waals surface area contributed by atoms with Crippen LogP contribution in [-0.2, 0) is 5.60 Å². The fourth-order valence-corrected chi connectivity index (χ4v) is 2.41. The highest BCUT2D eigenvalue weighted by atomic mass is 35.5. The molecule has 0 aliphatic heterocycles. The summed E-state index contributed by atoms with van der Waals surface area (Å²) in [4.78, 5) is 4.10. The van der Waals surface area contributed by atoms with Crippen molar-refractivity contribution < 1.29 is 14.6 Å². The number of benzene rings is 1. The Morgan fingerprint density at radius 2 is 2.00 bits per heavy atom. The molecule has 0 saturated heterocycles. The van der Waals surface area contributed by atoms with E-state index < -0.39 is 5.60 Å². The normalized spacial score (nSPS) is 11.0. The molecule has 1 heterocycles. The molecule has 0 amide bonds. The topological polar surface area (TPSA) is 75.4 Å². The lowest BCUT2D eigenvalue weighted by Crippen LogP contribution is -2.17. The minimum atomic E-state index is -1.18. The Kier molecular flexibility index (Phi) is 5.00. The molecule has 23 heavy (non-hydrogen) atoms. The Morgan fingerprint density at radius 1 is 1.30 bits per heavy atom. The summed E-state index contributed by atoms with van der Waals surface area (Å²) in [6.45, 7) is 3.21. The molecule has 0 radical (unpaired) electrons. The molecule has 0 aliphatic carbocycles. The van der Waals surface area contributed by atoms with Gasteiger partial charge in [-0.1, -0.05) is 23.2 Å². The Balaban J connectivity index is 2.48. The molecule has 2 rings (SSSR count). The Morgan fingerprint density at radius 3 is 2.57 bits per heavy atom. The second-order valence-electron chi connectivity index (χ2n) is 5.24. The summed E-state index contributed by atoms with van der Waals surface area (Å²) in [5, 5.41) is 19.6. The number of aliphatic hydroxyl groups is 1. The van der Waals surface area contributed by atoms with Crippen LogP contribution in [0.15, 0.2) is 24.4 Å². The van der Waals surface area contributed by atoms with Gasteiger partial charge < -0.3 is 14.6 Å². The summed E-state index contributed by atoms with van der Waals surface area (Å²) in [5.41, 5.74) is -0.490. The maximum atomic E-state index is 10.2. The molecule has 1 aromatic heterocycles. The van der Waals surface area contributed by atoms with E-state index in [4.69, 9.17) is 37.9 Å². The summed E-state index contributed by atoms with van der Waals surface area (Å²) < 4.78 is 10.8. The molecule has 0 bridgehead atoms. The fraction of sp³-hybridized carbons (Fsp3) is 0.250. The lowest BCUT2D eigenvalue weighted by atomic mass is 10.00.